The van der Waals surface area contributed by atoms with Gasteiger partial charge in [-0.3, -0.25) is 0 Å². The molecule has 8 aromatic rings. The number of nitrogens with zero attached hydrogens (tertiary/aromatic N) is 1. The highest BCUT2D eigenvalue weighted by Gasteiger charge is 2.14. The number of fused-ring (bicyclic) bond motifs is 6. The summed E-state index contributed by atoms with van der Waals surface area (Å²) in [4.78, 5) is 0. The van der Waals surface area contributed by atoms with E-state index in [0.29, 0.717) is 5.56 Å². The molecule has 2 heterocycles. The molecule has 0 bridgehead atoms. The van der Waals surface area contributed by atoms with Crippen molar-refractivity contribution in [3.63, 3.8) is 0 Å². The maximum Gasteiger partial charge on any atom is 0.0991 e. The average Bonchev–Trinajstić information content (AvgIpc) is 3.59. The fourth-order valence-electron chi connectivity index (χ4n) is 5.81. The first-order valence-electron chi connectivity index (χ1n) is 13.2. The van der Waals surface area contributed by atoms with Crippen LogP contribution in [0, 0.1) is 11.3 Å². The zero-order chi connectivity index (χ0) is 26.6. The summed E-state index contributed by atoms with van der Waals surface area (Å²) in [5, 5.41) is 14.8. The van der Waals surface area contributed by atoms with Gasteiger partial charge in [0, 0.05) is 40.3 Å². The van der Waals surface area contributed by atoms with Crippen molar-refractivity contribution in [1.82, 2.24) is 0 Å². The van der Waals surface area contributed by atoms with Crippen LogP contribution in [0.15, 0.2) is 127 Å². The van der Waals surface area contributed by atoms with Gasteiger partial charge >= 0.3 is 0 Å². The first-order chi connectivity index (χ1) is 19.7. The Bertz CT molecular complexity index is 2290. The van der Waals surface area contributed by atoms with Crippen LogP contribution in [0.3, 0.4) is 0 Å². The molecule has 0 N–H and O–H groups in total. The second kappa shape index (κ2) is 9.17. The fraction of sp³-hybridized carbons (Fsp3) is 0. The molecule has 3 heteroatoms. The van der Waals surface area contributed by atoms with Crippen molar-refractivity contribution in [3.05, 3.63) is 133 Å². The van der Waals surface area contributed by atoms with Crippen LogP contribution in [-0.4, -0.2) is 0 Å². The Morgan fingerprint density at radius 1 is 0.425 bits per heavy atom. The molecule has 0 aliphatic rings. The standard InChI is InChI=1S/C37H21NS2/c38-22-23-7-5-8-24(17-23)26-18-27(25-15-16-35-32(21-25)30-9-1-3-12-33(30)39-35)20-28(19-26)29-11-6-14-36-37(29)31-10-2-4-13-34(31)40-36/h1-21H. The molecule has 0 saturated carbocycles. The zero-order valence-corrected chi connectivity index (χ0v) is 23.0. The molecule has 0 amide bonds. The van der Waals surface area contributed by atoms with Gasteiger partial charge in [-0.05, 0) is 94.0 Å². The van der Waals surface area contributed by atoms with Crippen LogP contribution in [0.4, 0.5) is 0 Å². The predicted molar refractivity (Wildman–Crippen MR) is 173 cm³/mol. The van der Waals surface area contributed by atoms with Gasteiger partial charge in [-0.2, -0.15) is 5.26 Å². The van der Waals surface area contributed by atoms with Crippen LogP contribution >= 0.6 is 22.7 Å². The molecule has 0 aliphatic heterocycles. The summed E-state index contributed by atoms with van der Waals surface area (Å²) in [5.74, 6) is 0. The van der Waals surface area contributed by atoms with Gasteiger partial charge in [0.1, 0.15) is 0 Å². The Hall–Kier alpha value is -4.75. The summed E-state index contributed by atoms with van der Waals surface area (Å²) < 4.78 is 5.21. The average molecular weight is 544 g/mol. The summed E-state index contributed by atoms with van der Waals surface area (Å²) in [7, 11) is 0. The van der Waals surface area contributed by atoms with E-state index in [2.05, 4.69) is 115 Å². The normalized spacial score (nSPS) is 11.5. The van der Waals surface area contributed by atoms with Crippen LogP contribution in [0.5, 0.6) is 0 Å². The molecule has 0 unspecified atom stereocenters. The summed E-state index contributed by atoms with van der Waals surface area (Å²) in [6.45, 7) is 0. The van der Waals surface area contributed by atoms with Gasteiger partial charge in [0.2, 0.25) is 0 Å². The molecule has 0 fully saturated rings. The van der Waals surface area contributed by atoms with Gasteiger partial charge < -0.3 is 0 Å². The lowest BCUT2D eigenvalue weighted by Gasteiger charge is -2.13. The molecule has 186 valence electrons. The maximum absolute atomic E-state index is 9.59. The van der Waals surface area contributed by atoms with Crippen LogP contribution in [-0.2, 0) is 0 Å². The highest BCUT2D eigenvalue weighted by atomic mass is 32.1. The van der Waals surface area contributed by atoms with Crippen molar-refractivity contribution in [2.45, 2.75) is 0 Å². The lowest BCUT2D eigenvalue weighted by molar-refractivity contribution is 1.48. The molecule has 40 heavy (non-hydrogen) atoms. The van der Waals surface area contributed by atoms with Crippen molar-refractivity contribution in [3.8, 4) is 39.4 Å². The molecule has 2 aromatic heterocycles. The minimum Gasteiger partial charge on any atom is -0.192 e. The van der Waals surface area contributed by atoms with E-state index in [-0.39, 0.29) is 0 Å². The number of hydrogen-bond acceptors (Lipinski definition) is 3. The summed E-state index contributed by atoms with van der Waals surface area (Å²) >= 11 is 3.69. The number of rotatable bonds is 3. The Balaban J connectivity index is 1.41. The topological polar surface area (TPSA) is 23.8 Å². The van der Waals surface area contributed by atoms with Crippen molar-refractivity contribution >= 4 is 63.0 Å². The maximum atomic E-state index is 9.59. The van der Waals surface area contributed by atoms with E-state index in [1.54, 1.807) is 0 Å². The molecule has 6 aromatic carbocycles. The SMILES string of the molecule is N#Cc1cccc(-c2cc(-c3ccc4sc5ccccc5c4c3)cc(-c3cccc4sc5ccccc5c34)c2)c1. The minimum absolute atomic E-state index is 0.668. The Morgan fingerprint density at radius 2 is 1.05 bits per heavy atom. The molecular weight excluding hydrogens is 523 g/mol. The van der Waals surface area contributed by atoms with Crippen molar-refractivity contribution in [2.75, 3.05) is 0 Å². The Morgan fingerprint density at radius 3 is 1.88 bits per heavy atom. The Labute approximate surface area is 239 Å². The smallest absolute Gasteiger partial charge is 0.0991 e. The highest BCUT2D eigenvalue weighted by Crippen LogP contribution is 2.43. The fourth-order valence-corrected chi connectivity index (χ4v) is 8.02. The summed E-state index contributed by atoms with van der Waals surface area (Å²) in [6.07, 6.45) is 0. The van der Waals surface area contributed by atoms with E-state index in [4.69, 9.17) is 0 Å². The van der Waals surface area contributed by atoms with E-state index in [0.717, 1.165) is 11.1 Å². The van der Waals surface area contributed by atoms with Gasteiger partial charge in [-0.15, -0.1) is 22.7 Å². The summed E-state index contributed by atoms with van der Waals surface area (Å²) in [6, 6.07) is 47.9. The number of hydrogen-bond donors (Lipinski definition) is 0. The lowest BCUT2D eigenvalue weighted by Crippen LogP contribution is -1.87. The van der Waals surface area contributed by atoms with Gasteiger partial charge in [0.05, 0.1) is 11.6 Å². The van der Waals surface area contributed by atoms with Crippen LogP contribution in [0.1, 0.15) is 5.56 Å². The van der Waals surface area contributed by atoms with Crippen molar-refractivity contribution in [2.24, 2.45) is 0 Å². The lowest BCUT2D eigenvalue weighted by atomic mass is 9.91. The van der Waals surface area contributed by atoms with Gasteiger partial charge in [0.25, 0.3) is 0 Å². The molecule has 0 radical (unpaired) electrons. The van der Waals surface area contributed by atoms with Gasteiger partial charge in [-0.25, -0.2) is 0 Å². The largest absolute Gasteiger partial charge is 0.192 e. The third-order valence-corrected chi connectivity index (χ3v) is 9.97. The predicted octanol–water partition coefficient (Wildman–Crippen LogP) is 11.3. The molecule has 1 nitrogen and oxygen atoms in total. The molecule has 0 saturated heterocycles. The molecule has 0 atom stereocenters. The monoisotopic (exact) mass is 543 g/mol. The third kappa shape index (κ3) is 3.73. The van der Waals surface area contributed by atoms with Crippen LogP contribution < -0.4 is 0 Å². The number of benzene rings is 6. The second-order valence-electron chi connectivity index (χ2n) is 10.1. The number of thiophene rings is 2. The minimum atomic E-state index is 0.668. The van der Waals surface area contributed by atoms with E-state index >= 15 is 0 Å². The quantitative estimate of drug-likeness (QED) is 0.217. The van der Waals surface area contributed by atoms with E-state index in [9.17, 15) is 5.26 Å². The zero-order valence-electron chi connectivity index (χ0n) is 21.4. The highest BCUT2D eigenvalue weighted by molar-refractivity contribution is 7.26. The molecule has 0 spiro atoms. The van der Waals surface area contributed by atoms with E-state index in [1.807, 2.05) is 40.9 Å². The second-order valence-corrected chi connectivity index (χ2v) is 12.2. The first kappa shape index (κ1) is 23.2. The van der Waals surface area contributed by atoms with Gasteiger partial charge in [0.15, 0.2) is 0 Å². The molecule has 8 rings (SSSR count). The van der Waals surface area contributed by atoms with Crippen LogP contribution in [0.2, 0.25) is 0 Å². The molecule has 0 aliphatic carbocycles. The van der Waals surface area contributed by atoms with E-state index < -0.39 is 0 Å². The Kier molecular flexibility index (Phi) is 5.31. The first-order valence-corrected chi connectivity index (χ1v) is 14.9. The van der Waals surface area contributed by atoms with Gasteiger partial charge in [-0.1, -0.05) is 66.7 Å². The number of nitriles is 1. The van der Waals surface area contributed by atoms with Crippen LogP contribution in [0.25, 0.3) is 73.7 Å². The third-order valence-electron chi connectivity index (χ3n) is 7.68. The van der Waals surface area contributed by atoms with E-state index in [1.165, 1.54) is 62.6 Å². The van der Waals surface area contributed by atoms with Crippen molar-refractivity contribution < 1.29 is 0 Å². The molecular formula is C37H21NS2. The van der Waals surface area contributed by atoms with Crippen molar-refractivity contribution in [1.29, 1.82) is 5.26 Å². The summed E-state index contributed by atoms with van der Waals surface area (Å²) in [5.41, 5.74) is 7.60.